The number of aromatic amines is 1. The first kappa shape index (κ1) is 17.6. The first-order valence-electron chi connectivity index (χ1n) is 9.07. The van der Waals surface area contributed by atoms with Gasteiger partial charge in [0, 0.05) is 28.9 Å². The minimum absolute atomic E-state index is 0.345. The van der Waals surface area contributed by atoms with Crippen LogP contribution in [0.25, 0.3) is 22.2 Å². The van der Waals surface area contributed by atoms with Gasteiger partial charge in [0.05, 0.1) is 23.7 Å². The summed E-state index contributed by atoms with van der Waals surface area (Å²) < 4.78 is 5.58. The molecule has 0 saturated heterocycles. The number of hydrogen-bond donors (Lipinski definition) is 3. The Hall–Kier alpha value is -3.80. The molecule has 0 unspecified atom stereocenters. The molecule has 140 valence electrons. The average molecular weight is 372 g/mol. The van der Waals surface area contributed by atoms with E-state index in [-0.39, 0.29) is 6.03 Å². The lowest BCUT2D eigenvalue weighted by Crippen LogP contribution is -2.20. The molecule has 6 heteroatoms. The van der Waals surface area contributed by atoms with E-state index < -0.39 is 0 Å². The van der Waals surface area contributed by atoms with Crippen LogP contribution in [0.1, 0.15) is 6.92 Å². The fraction of sp³-hybridized carbons (Fsp3) is 0.0909. The molecule has 2 amide bonds. The van der Waals surface area contributed by atoms with E-state index in [2.05, 4.69) is 20.6 Å². The van der Waals surface area contributed by atoms with E-state index in [0.717, 1.165) is 22.2 Å². The van der Waals surface area contributed by atoms with Crippen LogP contribution in [0.2, 0.25) is 0 Å². The molecule has 2 aromatic carbocycles. The van der Waals surface area contributed by atoms with Gasteiger partial charge in [-0.2, -0.15) is 0 Å². The molecule has 4 rings (SSSR count). The fourth-order valence-corrected chi connectivity index (χ4v) is 3.12. The number of nitrogens with one attached hydrogen (secondary N) is 3. The van der Waals surface area contributed by atoms with E-state index in [1.807, 2.05) is 67.6 Å². The Balaban J connectivity index is 1.67. The number of urea groups is 1. The quantitative estimate of drug-likeness (QED) is 0.446. The third-order valence-electron chi connectivity index (χ3n) is 4.33. The number of fused-ring (bicyclic) bond motifs is 1. The van der Waals surface area contributed by atoms with Crippen molar-refractivity contribution in [2.24, 2.45) is 0 Å². The number of anilines is 2. The average Bonchev–Trinajstić information content (AvgIpc) is 3.09. The second-order valence-electron chi connectivity index (χ2n) is 6.17. The van der Waals surface area contributed by atoms with E-state index >= 15 is 0 Å². The highest BCUT2D eigenvalue weighted by molar-refractivity contribution is 6.10. The molecule has 2 heterocycles. The third kappa shape index (κ3) is 3.53. The lowest BCUT2D eigenvalue weighted by molar-refractivity contribution is 0.262. The van der Waals surface area contributed by atoms with Gasteiger partial charge in [-0.3, -0.25) is 4.98 Å². The molecule has 0 aliphatic rings. The number of pyridine rings is 1. The topological polar surface area (TPSA) is 79.0 Å². The number of nitrogens with zero attached hydrogens (tertiary/aromatic N) is 1. The number of amides is 2. The third-order valence-corrected chi connectivity index (χ3v) is 4.33. The minimum Gasteiger partial charge on any atom is -0.492 e. The van der Waals surface area contributed by atoms with Crippen LogP contribution in [0.3, 0.4) is 0 Å². The monoisotopic (exact) mass is 372 g/mol. The molecule has 0 atom stereocenters. The molecule has 0 radical (unpaired) electrons. The van der Waals surface area contributed by atoms with Gasteiger partial charge >= 0.3 is 6.03 Å². The molecule has 0 aliphatic carbocycles. The van der Waals surface area contributed by atoms with Gasteiger partial charge in [-0.1, -0.05) is 30.3 Å². The van der Waals surface area contributed by atoms with Crippen molar-refractivity contribution in [3.63, 3.8) is 0 Å². The van der Waals surface area contributed by atoms with Crippen molar-refractivity contribution in [2.45, 2.75) is 6.92 Å². The second-order valence-corrected chi connectivity index (χ2v) is 6.17. The van der Waals surface area contributed by atoms with Crippen LogP contribution in [0, 0.1) is 0 Å². The first-order valence-corrected chi connectivity index (χ1v) is 9.07. The Morgan fingerprint density at radius 2 is 1.86 bits per heavy atom. The summed E-state index contributed by atoms with van der Waals surface area (Å²) in [5.41, 5.74) is 3.96. The van der Waals surface area contributed by atoms with Crippen LogP contribution >= 0.6 is 0 Å². The maximum absolute atomic E-state index is 12.8. The molecule has 2 aromatic heterocycles. The molecule has 28 heavy (non-hydrogen) atoms. The number of benzene rings is 2. The highest BCUT2D eigenvalue weighted by Crippen LogP contribution is 2.35. The molecular weight excluding hydrogens is 352 g/mol. The van der Waals surface area contributed by atoms with Gasteiger partial charge in [0.25, 0.3) is 0 Å². The molecule has 0 saturated carbocycles. The van der Waals surface area contributed by atoms with Crippen LogP contribution in [0.15, 0.2) is 73.1 Å². The molecule has 3 N–H and O–H groups in total. The number of carbonyl (C=O) groups is 1. The van der Waals surface area contributed by atoms with Gasteiger partial charge in [-0.25, -0.2) is 4.79 Å². The zero-order valence-corrected chi connectivity index (χ0v) is 15.4. The van der Waals surface area contributed by atoms with Crippen molar-refractivity contribution in [1.82, 2.24) is 9.97 Å². The maximum Gasteiger partial charge on any atom is 0.323 e. The van der Waals surface area contributed by atoms with Crippen molar-refractivity contribution in [3.05, 3.63) is 73.1 Å². The SMILES string of the molecule is CCOc1ccccc1NC(=O)Nc1c(-c2cccnc2)[nH]c2ccccc12. The highest BCUT2D eigenvalue weighted by Gasteiger charge is 2.16. The Kier molecular flexibility index (Phi) is 4.93. The predicted octanol–water partition coefficient (Wildman–Crippen LogP) is 5.27. The van der Waals surface area contributed by atoms with E-state index in [9.17, 15) is 4.79 Å². The van der Waals surface area contributed by atoms with Gasteiger partial charge < -0.3 is 20.4 Å². The fourth-order valence-electron chi connectivity index (χ4n) is 3.12. The predicted molar refractivity (Wildman–Crippen MR) is 112 cm³/mol. The molecule has 0 fully saturated rings. The zero-order chi connectivity index (χ0) is 19.3. The van der Waals surface area contributed by atoms with Crippen molar-refractivity contribution in [2.75, 3.05) is 17.2 Å². The molecule has 0 bridgehead atoms. The van der Waals surface area contributed by atoms with Gasteiger partial charge in [0.2, 0.25) is 0 Å². The summed E-state index contributed by atoms with van der Waals surface area (Å²) in [5.74, 6) is 0.631. The van der Waals surface area contributed by atoms with E-state index in [4.69, 9.17) is 4.74 Å². The number of carbonyl (C=O) groups excluding carboxylic acids is 1. The van der Waals surface area contributed by atoms with Gasteiger partial charge in [-0.15, -0.1) is 0 Å². The highest BCUT2D eigenvalue weighted by atomic mass is 16.5. The molecule has 6 nitrogen and oxygen atoms in total. The molecule has 0 spiro atoms. The summed E-state index contributed by atoms with van der Waals surface area (Å²) in [6, 6.07) is 18.7. The van der Waals surface area contributed by atoms with Crippen LogP contribution in [0.4, 0.5) is 16.2 Å². The summed E-state index contributed by atoms with van der Waals surface area (Å²) in [4.78, 5) is 20.3. The number of rotatable bonds is 5. The van der Waals surface area contributed by atoms with Crippen LogP contribution in [0.5, 0.6) is 5.75 Å². The van der Waals surface area contributed by atoms with Crippen molar-refractivity contribution in [1.29, 1.82) is 0 Å². The van der Waals surface area contributed by atoms with Crippen LogP contribution in [-0.4, -0.2) is 22.6 Å². The van der Waals surface area contributed by atoms with Crippen molar-refractivity contribution < 1.29 is 9.53 Å². The van der Waals surface area contributed by atoms with Gasteiger partial charge in [-0.05, 0) is 37.3 Å². The lowest BCUT2D eigenvalue weighted by atomic mass is 10.1. The smallest absolute Gasteiger partial charge is 0.323 e. The summed E-state index contributed by atoms with van der Waals surface area (Å²) in [5, 5.41) is 6.78. The Bertz CT molecular complexity index is 1110. The van der Waals surface area contributed by atoms with Crippen LogP contribution < -0.4 is 15.4 Å². The number of ether oxygens (including phenoxy) is 1. The Morgan fingerprint density at radius 1 is 1.04 bits per heavy atom. The number of H-pyrrole nitrogens is 1. The minimum atomic E-state index is -0.345. The number of aromatic nitrogens is 2. The normalized spacial score (nSPS) is 10.6. The maximum atomic E-state index is 12.8. The van der Waals surface area contributed by atoms with E-state index in [0.29, 0.717) is 23.7 Å². The van der Waals surface area contributed by atoms with Crippen molar-refractivity contribution in [3.8, 4) is 17.0 Å². The van der Waals surface area contributed by atoms with Gasteiger partial charge in [0.1, 0.15) is 5.75 Å². The standard InChI is InChI=1S/C22H20N4O2/c1-2-28-19-12-6-5-11-18(19)25-22(27)26-21-16-9-3-4-10-17(16)24-20(21)15-8-7-13-23-14-15/h3-14,24H,2H2,1H3,(H2,25,26,27). The Labute approximate surface area is 162 Å². The largest absolute Gasteiger partial charge is 0.492 e. The van der Waals surface area contributed by atoms with Crippen LogP contribution in [-0.2, 0) is 0 Å². The van der Waals surface area contributed by atoms with Crippen molar-refractivity contribution >= 4 is 28.3 Å². The van der Waals surface area contributed by atoms with Gasteiger partial charge in [0.15, 0.2) is 0 Å². The van der Waals surface area contributed by atoms with E-state index in [1.165, 1.54) is 0 Å². The molecular formula is C22H20N4O2. The first-order chi connectivity index (χ1) is 13.8. The summed E-state index contributed by atoms with van der Waals surface area (Å²) in [6.45, 7) is 2.43. The summed E-state index contributed by atoms with van der Waals surface area (Å²) in [7, 11) is 0. The number of para-hydroxylation sites is 3. The van der Waals surface area contributed by atoms with E-state index in [1.54, 1.807) is 12.4 Å². The summed E-state index contributed by atoms with van der Waals surface area (Å²) >= 11 is 0. The molecule has 4 aromatic rings. The second kappa shape index (κ2) is 7.84. The Morgan fingerprint density at radius 3 is 2.68 bits per heavy atom. The zero-order valence-electron chi connectivity index (χ0n) is 15.4. The summed E-state index contributed by atoms with van der Waals surface area (Å²) in [6.07, 6.45) is 3.48. The number of hydrogen-bond acceptors (Lipinski definition) is 3. The molecule has 0 aliphatic heterocycles. The lowest BCUT2D eigenvalue weighted by Gasteiger charge is -2.12.